The molecule has 11 nitrogen and oxygen atoms in total. The van der Waals surface area contributed by atoms with Gasteiger partial charge in [0.1, 0.15) is 12.1 Å². The van der Waals surface area contributed by atoms with Crippen molar-refractivity contribution in [2.75, 3.05) is 25.5 Å². The van der Waals surface area contributed by atoms with E-state index in [1.54, 1.807) is 6.92 Å². The Morgan fingerprint density at radius 1 is 1.19 bits per heavy atom. The number of likely N-dealkylation sites (tertiary alicyclic amines) is 1. The van der Waals surface area contributed by atoms with Gasteiger partial charge in [0.05, 0.1) is 13.2 Å². The lowest BCUT2D eigenvalue weighted by molar-refractivity contribution is -0.757. The molecule has 1 aromatic rings. The number of amides is 2. The van der Waals surface area contributed by atoms with Gasteiger partial charge in [-0.1, -0.05) is 49.0 Å². The fraction of sp³-hybridized carbons (Fsp3) is 0.583. The Morgan fingerprint density at radius 3 is 2.56 bits per heavy atom. The molecule has 3 atom stereocenters. The van der Waals surface area contributed by atoms with Crippen LogP contribution >= 0.6 is 11.8 Å². The van der Waals surface area contributed by atoms with Gasteiger partial charge >= 0.3 is 5.97 Å². The first kappa shape index (κ1) is 29.1. The molecule has 0 unspecified atom stereocenters. The number of hydrogen-bond acceptors (Lipinski definition) is 9. The molecule has 0 bridgehead atoms. The molecule has 1 N–H and O–H groups in total. The van der Waals surface area contributed by atoms with Crippen LogP contribution in [0.5, 0.6) is 0 Å². The fourth-order valence-corrected chi connectivity index (χ4v) is 4.45. The summed E-state index contributed by atoms with van der Waals surface area (Å²) in [5, 5.41) is 12.0. The van der Waals surface area contributed by atoms with Crippen LogP contribution in [0, 0.1) is 16.0 Å². The van der Waals surface area contributed by atoms with Gasteiger partial charge in [-0.05, 0) is 31.2 Å². The molecule has 0 aliphatic carbocycles. The quantitative estimate of drug-likeness (QED) is 0.168. The number of carbonyl (C=O) groups excluding carboxylic acids is 4. The van der Waals surface area contributed by atoms with Crippen molar-refractivity contribution in [1.29, 1.82) is 0 Å². The summed E-state index contributed by atoms with van der Waals surface area (Å²) in [6, 6.07) is 7.50. The van der Waals surface area contributed by atoms with Crippen LogP contribution in [0.25, 0.3) is 0 Å². The largest absolute Gasteiger partial charge is 0.464 e. The maximum Gasteiger partial charge on any atom is 0.328 e. The van der Waals surface area contributed by atoms with Crippen molar-refractivity contribution >= 4 is 34.7 Å². The number of nitrogens with zero attached hydrogens (tertiary/aromatic N) is 2. The van der Waals surface area contributed by atoms with E-state index in [2.05, 4.69) is 10.2 Å². The minimum atomic E-state index is -0.960. The van der Waals surface area contributed by atoms with E-state index in [-0.39, 0.29) is 30.7 Å². The van der Waals surface area contributed by atoms with Crippen LogP contribution in [0.1, 0.15) is 45.1 Å². The summed E-state index contributed by atoms with van der Waals surface area (Å²) in [5.74, 6) is -1.32. The zero-order valence-electron chi connectivity index (χ0n) is 20.6. The number of carbonyl (C=O) groups is 4. The molecule has 198 valence electrons. The van der Waals surface area contributed by atoms with Gasteiger partial charge in [0.2, 0.25) is 11.8 Å². The third-order valence-electron chi connectivity index (χ3n) is 5.66. The van der Waals surface area contributed by atoms with Crippen molar-refractivity contribution in [3.63, 3.8) is 0 Å². The van der Waals surface area contributed by atoms with Crippen molar-refractivity contribution < 1.29 is 33.8 Å². The summed E-state index contributed by atoms with van der Waals surface area (Å²) in [5.41, 5.74) is 0.827. The van der Waals surface area contributed by atoms with E-state index < -0.39 is 35.0 Å². The van der Waals surface area contributed by atoms with E-state index in [0.717, 1.165) is 17.3 Å². The summed E-state index contributed by atoms with van der Waals surface area (Å²) in [7, 11) is 0. The van der Waals surface area contributed by atoms with E-state index in [0.29, 0.717) is 38.0 Å². The van der Waals surface area contributed by atoms with Gasteiger partial charge in [-0.2, -0.15) is 0 Å². The average Bonchev–Trinajstić information content (AvgIpc) is 3.34. The fourth-order valence-electron chi connectivity index (χ4n) is 3.83. The highest BCUT2D eigenvalue weighted by Crippen LogP contribution is 2.22. The maximum absolute atomic E-state index is 13.2. The number of hydrogen-bond donors (Lipinski definition) is 1. The Labute approximate surface area is 214 Å². The van der Waals surface area contributed by atoms with E-state index in [1.807, 2.05) is 30.3 Å². The standard InChI is InChI=1S/C24H33N3O8S/c1-17(16-36-18(2)28)23(30)26-12-8-11-21(26)22(29)25-20(15-19-9-4-3-5-10-19)24(31)34-13-6-7-14-35-27(32)33/h3-5,9-10,17,20-21H,6-8,11-16H2,1-2H3,(H,25,29)/t17-,20-,21+/m1/s1. The zero-order valence-corrected chi connectivity index (χ0v) is 21.4. The number of ether oxygens (including phenoxy) is 1. The number of nitrogens with one attached hydrogen (secondary N) is 1. The van der Waals surface area contributed by atoms with Gasteiger partial charge in [-0.15, -0.1) is 10.1 Å². The van der Waals surface area contributed by atoms with E-state index in [4.69, 9.17) is 4.74 Å². The smallest absolute Gasteiger partial charge is 0.328 e. The summed E-state index contributed by atoms with van der Waals surface area (Å²) in [4.78, 5) is 66.1. The molecule has 1 aromatic carbocycles. The van der Waals surface area contributed by atoms with Crippen molar-refractivity contribution in [2.24, 2.45) is 5.92 Å². The van der Waals surface area contributed by atoms with E-state index >= 15 is 0 Å². The lowest BCUT2D eigenvalue weighted by atomic mass is 10.0. The first-order valence-corrected chi connectivity index (χ1v) is 12.9. The summed E-state index contributed by atoms with van der Waals surface area (Å²) >= 11 is 1.08. The first-order chi connectivity index (χ1) is 17.2. The first-order valence-electron chi connectivity index (χ1n) is 11.9. The Kier molecular flexibility index (Phi) is 12.2. The van der Waals surface area contributed by atoms with Gasteiger partial charge in [-0.25, -0.2) is 4.79 Å². The molecule has 1 aliphatic rings. The van der Waals surface area contributed by atoms with Crippen LogP contribution in [0.2, 0.25) is 0 Å². The number of rotatable bonds is 14. The predicted molar refractivity (Wildman–Crippen MR) is 132 cm³/mol. The molecule has 1 aliphatic heterocycles. The summed E-state index contributed by atoms with van der Waals surface area (Å²) in [6.07, 6.45) is 2.06. The van der Waals surface area contributed by atoms with Crippen molar-refractivity contribution in [1.82, 2.24) is 10.2 Å². The van der Waals surface area contributed by atoms with Crippen molar-refractivity contribution in [2.45, 2.75) is 58.0 Å². The minimum Gasteiger partial charge on any atom is -0.464 e. The normalized spacial score (nSPS) is 16.6. The summed E-state index contributed by atoms with van der Waals surface area (Å²) < 4.78 is 5.32. The molecule has 1 fully saturated rings. The second-order valence-electron chi connectivity index (χ2n) is 8.58. The Hall–Kier alpha value is -3.15. The number of benzene rings is 1. The lowest BCUT2D eigenvalue weighted by Gasteiger charge is -2.28. The van der Waals surface area contributed by atoms with Gasteiger partial charge in [0.15, 0.2) is 5.12 Å². The minimum absolute atomic E-state index is 0.0282. The van der Waals surface area contributed by atoms with Crippen LogP contribution in [-0.4, -0.2) is 70.5 Å². The highest BCUT2D eigenvalue weighted by molar-refractivity contribution is 8.13. The molecule has 2 rings (SSSR count). The molecule has 0 spiro atoms. The highest BCUT2D eigenvalue weighted by Gasteiger charge is 2.37. The Bertz CT molecular complexity index is 914. The lowest BCUT2D eigenvalue weighted by Crippen LogP contribution is -2.52. The number of esters is 1. The monoisotopic (exact) mass is 523 g/mol. The van der Waals surface area contributed by atoms with Gasteiger partial charge in [0.25, 0.3) is 5.09 Å². The molecule has 36 heavy (non-hydrogen) atoms. The molecule has 0 saturated carbocycles. The van der Waals surface area contributed by atoms with E-state index in [1.165, 1.54) is 11.8 Å². The SMILES string of the molecule is CC(=O)SC[C@@H](C)C(=O)N1CCC[C@H]1C(=O)N[C@H](Cc1ccccc1)C(=O)OCCCCO[N+](=O)[O-]. The van der Waals surface area contributed by atoms with Crippen molar-refractivity contribution in [3.05, 3.63) is 46.0 Å². The number of unbranched alkanes of at least 4 members (excludes halogenated alkanes) is 1. The second kappa shape index (κ2) is 15.1. The Balaban J connectivity index is 2.00. The zero-order chi connectivity index (χ0) is 26.5. The highest BCUT2D eigenvalue weighted by atomic mass is 32.2. The molecule has 2 amide bonds. The predicted octanol–water partition coefficient (Wildman–Crippen LogP) is 2.15. The molecular weight excluding hydrogens is 490 g/mol. The molecular formula is C24H33N3O8S. The summed E-state index contributed by atoms with van der Waals surface area (Å²) in [6.45, 7) is 3.55. The molecule has 1 saturated heterocycles. The topological polar surface area (TPSA) is 145 Å². The van der Waals surface area contributed by atoms with Crippen LogP contribution < -0.4 is 5.32 Å². The third kappa shape index (κ3) is 9.84. The van der Waals surface area contributed by atoms with Gasteiger partial charge in [0, 0.05) is 31.6 Å². The van der Waals surface area contributed by atoms with Crippen LogP contribution in [0.3, 0.4) is 0 Å². The van der Waals surface area contributed by atoms with Crippen LogP contribution in [0.4, 0.5) is 0 Å². The van der Waals surface area contributed by atoms with Crippen LogP contribution in [0.15, 0.2) is 30.3 Å². The average molecular weight is 524 g/mol. The molecule has 0 radical (unpaired) electrons. The molecule has 12 heteroatoms. The molecule has 1 heterocycles. The number of thioether (sulfide) groups is 1. The third-order valence-corrected chi connectivity index (χ3v) is 6.73. The Morgan fingerprint density at radius 2 is 1.89 bits per heavy atom. The second-order valence-corrected chi connectivity index (χ2v) is 9.77. The van der Waals surface area contributed by atoms with Gasteiger partial charge < -0.3 is 19.8 Å². The molecule has 0 aromatic heterocycles. The van der Waals surface area contributed by atoms with Crippen molar-refractivity contribution in [3.8, 4) is 0 Å². The van der Waals surface area contributed by atoms with Crippen LogP contribution in [-0.2, 0) is 35.2 Å². The van der Waals surface area contributed by atoms with E-state index in [9.17, 15) is 29.3 Å². The van der Waals surface area contributed by atoms with Gasteiger partial charge in [-0.3, -0.25) is 14.4 Å². The maximum atomic E-state index is 13.2.